The minimum absolute atomic E-state index is 0.159. The average Bonchev–Trinajstić information content (AvgIpc) is 3.87. The van der Waals surface area contributed by atoms with Crippen LogP contribution in [0.4, 0.5) is 5.69 Å². The molecule has 14 heteroatoms. The Morgan fingerprint density at radius 3 is 2.71 bits per heavy atom. The zero-order valence-electron chi connectivity index (χ0n) is 27.2. The molecule has 1 aromatic heterocycles. The van der Waals surface area contributed by atoms with E-state index >= 15 is 0 Å². The second kappa shape index (κ2) is 13.5. The molecule has 1 saturated heterocycles. The van der Waals surface area contributed by atoms with E-state index in [0.717, 1.165) is 45.2 Å². The number of amides is 3. The fourth-order valence-electron chi connectivity index (χ4n) is 6.77. The molecular formula is C35H40IN5O6S2. The molecule has 49 heavy (non-hydrogen) atoms. The van der Waals surface area contributed by atoms with Crippen molar-refractivity contribution in [2.24, 2.45) is 5.92 Å². The van der Waals surface area contributed by atoms with E-state index in [1.54, 1.807) is 11.8 Å². The number of carbonyl (C=O) groups is 3. The van der Waals surface area contributed by atoms with Crippen molar-refractivity contribution in [2.75, 3.05) is 11.9 Å². The maximum Gasteiger partial charge on any atom is 0.274 e. The van der Waals surface area contributed by atoms with Crippen LogP contribution < -0.4 is 20.1 Å². The van der Waals surface area contributed by atoms with Crippen LogP contribution in [0.1, 0.15) is 64.7 Å². The molecule has 3 N–H and O–H groups in total. The van der Waals surface area contributed by atoms with E-state index < -0.39 is 50.3 Å². The molecule has 260 valence electrons. The minimum atomic E-state index is -3.93. The number of rotatable bonds is 7. The topological polar surface area (TPSA) is 147 Å². The summed E-state index contributed by atoms with van der Waals surface area (Å²) in [5.74, 6) is -1.83. The van der Waals surface area contributed by atoms with Gasteiger partial charge in [0.2, 0.25) is 21.8 Å². The summed E-state index contributed by atoms with van der Waals surface area (Å²) in [6, 6.07) is 14.0. The average molecular weight is 818 g/mol. The van der Waals surface area contributed by atoms with E-state index in [-0.39, 0.29) is 31.2 Å². The van der Waals surface area contributed by atoms with Gasteiger partial charge in [-0.1, -0.05) is 54.5 Å². The molecule has 4 aliphatic rings. The normalized spacial score (nSPS) is 29.1. The quantitative estimate of drug-likeness (QED) is 0.220. The highest BCUT2D eigenvalue weighted by atomic mass is 127. The van der Waals surface area contributed by atoms with E-state index in [9.17, 15) is 22.8 Å². The molecule has 3 heterocycles. The molecule has 2 saturated carbocycles. The zero-order chi connectivity index (χ0) is 34.4. The molecule has 7 rings (SSSR count). The molecule has 3 fully saturated rings. The molecule has 2 aliphatic carbocycles. The first-order valence-corrected chi connectivity index (χ1v) is 20.2. The smallest absolute Gasteiger partial charge is 0.274 e. The first-order valence-electron chi connectivity index (χ1n) is 16.9. The number of carbonyl (C=O) groups excluding carboxylic acids is 3. The minimum Gasteiger partial charge on any atom is -0.465 e. The predicted molar refractivity (Wildman–Crippen MR) is 197 cm³/mol. The maximum absolute atomic E-state index is 14.5. The van der Waals surface area contributed by atoms with Gasteiger partial charge in [-0.15, -0.1) is 0 Å². The fraction of sp³-hybridized carbons (Fsp3) is 0.486. The number of hydrogen-bond donors (Lipinski definition) is 3. The Bertz CT molecular complexity index is 1880. The van der Waals surface area contributed by atoms with E-state index in [4.69, 9.17) is 4.74 Å². The number of anilines is 1. The number of fused-ring (bicyclic) bond motifs is 3. The highest BCUT2D eigenvalue weighted by Crippen LogP contribution is 2.47. The number of allylic oxidation sites excluding steroid dienone is 1. The van der Waals surface area contributed by atoms with Crippen molar-refractivity contribution in [1.82, 2.24) is 19.9 Å². The van der Waals surface area contributed by atoms with E-state index in [1.807, 2.05) is 60.7 Å². The lowest BCUT2D eigenvalue weighted by Crippen LogP contribution is -2.58. The summed E-state index contributed by atoms with van der Waals surface area (Å²) in [5.41, 5.74) is 0.197. The number of benzene rings is 2. The standard InChI is InChI=1S/C35H40IN5O6S2/c1-34(16-17-34)49(45,46)40-32(44)35-20-22(35)10-5-3-2-4-6-14-27(37-24-12-9-11-23(36)18-24)31(43)41-21-25(19-28(41)30(42)39-35)47-33-38-26-13-7-8-15-29(26)48-33/h5,7-13,15,18,22,25,27-28,37H,2-4,6,14,16-17,19-21H2,1H3,(H,39,42)(H,40,44)/b10-5-/t22-,25-,27+,28+,35-/m1/s1. The van der Waals surface area contributed by atoms with Gasteiger partial charge in [-0.3, -0.25) is 19.1 Å². The molecule has 0 radical (unpaired) electrons. The number of aromatic nitrogens is 1. The summed E-state index contributed by atoms with van der Waals surface area (Å²) < 4.78 is 35.8. The number of para-hydroxylation sites is 1. The van der Waals surface area contributed by atoms with Crippen LogP contribution in [-0.4, -0.2) is 71.0 Å². The van der Waals surface area contributed by atoms with Gasteiger partial charge in [0.15, 0.2) is 0 Å². The lowest BCUT2D eigenvalue weighted by molar-refractivity contribution is -0.140. The van der Waals surface area contributed by atoms with Crippen molar-refractivity contribution < 1.29 is 27.5 Å². The van der Waals surface area contributed by atoms with Gasteiger partial charge in [0.05, 0.1) is 21.5 Å². The van der Waals surface area contributed by atoms with Crippen molar-refractivity contribution in [1.29, 1.82) is 0 Å². The highest BCUT2D eigenvalue weighted by molar-refractivity contribution is 14.1. The first-order chi connectivity index (χ1) is 23.5. The molecular weight excluding hydrogens is 777 g/mol. The van der Waals surface area contributed by atoms with Crippen LogP contribution >= 0.6 is 33.9 Å². The van der Waals surface area contributed by atoms with Gasteiger partial charge in [0, 0.05) is 21.6 Å². The van der Waals surface area contributed by atoms with Gasteiger partial charge < -0.3 is 20.3 Å². The van der Waals surface area contributed by atoms with Crippen LogP contribution in [0.2, 0.25) is 0 Å². The fourth-order valence-corrected chi connectivity index (χ4v) is 9.51. The zero-order valence-corrected chi connectivity index (χ0v) is 31.0. The van der Waals surface area contributed by atoms with Gasteiger partial charge in [0.1, 0.15) is 23.7 Å². The summed E-state index contributed by atoms with van der Waals surface area (Å²) in [4.78, 5) is 48.7. The maximum atomic E-state index is 14.5. The Labute approximate surface area is 303 Å². The Kier molecular flexibility index (Phi) is 9.41. The van der Waals surface area contributed by atoms with Crippen molar-refractivity contribution in [2.45, 2.75) is 93.2 Å². The molecule has 0 spiro atoms. The predicted octanol–water partition coefficient (Wildman–Crippen LogP) is 5.12. The number of sulfonamides is 1. The number of nitrogens with one attached hydrogen (secondary N) is 3. The van der Waals surface area contributed by atoms with Crippen LogP contribution in [0.15, 0.2) is 60.7 Å². The van der Waals surface area contributed by atoms with Crippen molar-refractivity contribution in [3.63, 3.8) is 0 Å². The third-order valence-electron chi connectivity index (χ3n) is 10.2. The Morgan fingerprint density at radius 1 is 1.12 bits per heavy atom. The Hall–Kier alpha value is -3.24. The summed E-state index contributed by atoms with van der Waals surface area (Å²) in [6.07, 6.45) is 8.80. The molecule has 2 aliphatic heterocycles. The number of hydrogen-bond acceptors (Lipinski definition) is 9. The van der Waals surface area contributed by atoms with Crippen LogP contribution in [-0.2, 0) is 24.4 Å². The number of ether oxygens (including phenoxy) is 1. The monoisotopic (exact) mass is 817 g/mol. The highest BCUT2D eigenvalue weighted by Gasteiger charge is 2.63. The molecule has 0 unspecified atom stereocenters. The van der Waals surface area contributed by atoms with Crippen LogP contribution in [0.3, 0.4) is 0 Å². The molecule has 3 amide bonds. The van der Waals surface area contributed by atoms with E-state index in [1.165, 1.54) is 11.3 Å². The summed E-state index contributed by atoms with van der Waals surface area (Å²) in [6.45, 7) is 1.78. The summed E-state index contributed by atoms with van der Waals surface area (Å²) in [7, 11) is -3.93. The lowest BCUT2D eigenvalue weighted by Gasteiger charge is -2.30. The van der Waals surface area contributed by atoms with Gasteiger partial charge in [-0.2, -0.15) is 0 Å². The van der Waals surface area contributed by atoms with Crippen molar-refractivity contribution in [3.8, 4) is 5.19 Å². The van der Waals surface area contributed by atoms with Crippen LogP contribution in [0, 0.1) is 9.49 Å². The molecule has 2 aromatic carbocycles. The van der Waals surface area contributed by atoms with Gasteiger partial charge >= 0.3 is 0 Å². The summed E-state index contributed by atoms with van der Waals surface area (Å²) in [5, 5.41) is 6.84. The second-order valence-corrected chi connectivity index (χ2v) is 18.3. The van der Waals surface area contributed by atoms with Crippen LogP contribution in [0.25, 0.3) is 10.2 Å². The molecule has 0 bridgehead atoms. The molecule has 11 nitrogen and oxygen atoms in total. The van der Waals surface area contributed by atoms with E-state index in [2.05, 4.69) is 42.9 Å². The van der Waals surface area contributed by atoms with Gasteiger partial charge in [-0.25, -0.2) is 13.4 Å². The van der Waals surface area contributed by atoms with Crippen LogP contribution in [0.5, 0.6) is 5.19 Å². The van der Waals surface area contributed by atoms with Crippen molar-refractivity contribution >= 4 is 77.6 Å². The second-order valence-electron chi connectivity index (χ2n) is 13.9. The third-order valence-corrected chi connectivity index (χ3v) is 13.9. The van der Waals surface area contributed by atoms with E-state index in [0.29, 0.717) is 24.5 Å². The molecule has 3 aromatic rings. The Balaban J connectivity index is 1.18. The molecule has 5 atom stereocenters. The first kappa shape index (κ1) is 34.2. The van der Waals surface area contributed by atoms with Gasteiger partial charge in [0.25, 0.3) is 11.1 Å². The number of halogens is 1. The number of thiazole rings is 1. The number of nitrogens with zero attached hydrogens (tertiary/aromatic N) is 2. The largest absolute Gasteiger partial charge is 0.465 e. The van der Waals surface area contributed by atoms with Crippen molar-refractivity contribution in [3.05, 3.63) is 64.3 Å². The summed E-state index contributed by atoms with van der Waals surface area (Å²) >= 11 is 3.64. The van der Waals surface area contributed by atoms with Gasteiger partial charge in [-0.05, 0) is 98.4 Å². The lowest BCUT2D eigenvalue weighted by atomic mass is 10.0. The SMILES string of the molecule is CC1(S(=O)(=O)NC(=O)[C@@]23C[C@H]2/C=C\CCCCC[C@H](Nc2cccc(I)c2)C(=O)N2C[C@H](Oc4nc5ccccc5s4)C[C@H]2C(=O)N3)CC1. The third kappa shape index (κ3) is 7.18. The Morgan fingerprint density at radius 2 is 1.94 bits per heavy atom.